The van der Waals surface area contributed by atoms with E-state index in [2.05, 4.69) is 0 Å². The summed E-state index contributed by atoms with van der Waals surface area (Å²) >= 11 is 0. The fourth-order valence-corrected chi connectivity index (χ4v) is 2.19. The van der Waals surface area contributed by atoms with E-state index in [1.54, 1.807) is 0 Å². The van der Waals surface area contributed by atoms with Crippen molar-refractivity contribution in [3.8, 4) is 5.75 Å². The largest absolute Gasteiger partial charge is 0.492 e. The number of hydrogen-bond donors (Lipinski definition) is 2. The molecular weight excluding hydrogens is 246 g/mol. The van der Waals surface area contributed by atoms with Gasteiger partial charge in [0.1, 0.15) is 11.8 Å². The molecule has 2 rings (SSSR count). The van der Waals surface area contributed by atoms with Crippen molar-refractivity contribution in [1.29, 1.82) is 0 Å². The van der Waals surface area contributed by atoms with Crippen LogP contribution in [0.4, 0.5) is 11.4 Å². The highest BCUT2D eigenvalue weighted by molar-refractivity contribution is 5.86. The molecular formula is C13H19N3O3. The Morgan fingerprint density at radius 1 is 1.58 bits per heavy atom. The van der Waals surface area contributed by atoms with Gasteiger partial charge in [-0.05, 0) is 19.1 Å². The molecule has 1 atom stereocenters. The lowest BCUT2D eigenvalue weighted by molar-refractivity contribution is -0.121. The zero-order valence-electron chi connectivity index (χ0n) is 11.0. The number of nitrogens with zero attached hydrogens (tertiary/aromatic N) is 1. The number of nitrogen functional groups attached to an aromatic ring is 1. The molecule has 19 heavy (non-hydrogen) atoms. The molecule has 0 bridgehead atoms. The van der Waals surface area contributed by atoms with E-state index in [1.165, 1.54) is 0 Å². The standard InChI is InChI=1S/C13H19N3O3/c1-2-19-11-5-3-4-9(12(11)14)16-6-7-18-8-10(16)13(15)17/h3-5,10H,2,6-8,14H2,1H3,(H2,15,17). The number of amides is 1. The van der Waals surface area contributed by atoms with E-state index < -0.39 is 11.9 Å². The molecule has 1 fully saturated rings. The minimum Gasteiger partial charge on any atom is -0.492 e. The van der Waals surface area contributed by atoms with Gasteiger partial charge in [0, 0.05) is 6.54 Å². The normalized spacial score (nSPS) is 19.2. The summed E-state index contributed by atoms with van der Waals surface area (Å²) in [5.41, 5.74) is 12.8. The maximum absolute atomic E-state index is 11.5. The molecule has 104 valence electrons. The Hall–Kier alpha value is -1.95. The average Bonchev–Trinajstić information content (AvgIpc) is 2.41. The summed E-state index contributed by atoms with van der Waals surface area (Å²) in [6, 6.07) is 5.03. The SMILES string of the molecule is CCOc1cccc(N2CCOCC2C(N)=O)c1N. The molecule has 0 aliphatic carbocycles. The summed E-state index contributed by atoms with van der Waals surface area (Å²) in [4.78, 5) is 13.4. The Labute approximate surface area is 112 Å². The summed E-state index contributed by atoms with van der Waals surface area (Å²) in [6.07, 6.45) is 0. The summed E-state index contributed by atoms with van der Waals surface area (Å²) in [5.74, 6) is 0.204. The number of hydrogen-bond acceptors (Lipinski definition) is 5. The van der Waals surface area contributed by atoms with Crippen LogP contribution >= 0.6 is 0 Å². The average molecular weight is 265 g/mol. The molecule has 0 aromatic heterocycles. The monoisotopic (exact) mass is 265 g/mol. The van der Waals surface area contributed by atoms with Crippen LogP contribution in [0.3, 0.4) is 0 Å². The van der Waals surface area contributed by atoms with Gasteiger partial charge in [-0.25, -0.2) is 0 Å². The fourth-order valence-electron chi connectivity index (χ4n) is 2.19. The minimum atomic E-state index is -0.493. The zero-order chi connectivity index (χ0) is 13.8. The van der Waals surface area contributed by atoms with Crippen LogP contribution in [0.1, 0.15) is 6.92 Å². The highest BCUT2D eigenvalue weighted by Gasteiger charge is 2.29. The summed E-state index contributed by atoms with van der Waals surface area (Å²) in [6.45, 7) is 3.84. The van der Waals surface area contributed by atoms with E-state index in [1.807, 2.05) is 30.0 Å². The van der Waals surface area contributed by atoms with E-state index in [-0.39, 0.29) is 6.61 Å². The number of ether oxygens (including phenoxy) is 2. The fraction of sp³-hybridized carbons (Fsp3) is 0.462. The van der Waals surface area contributed by atoms with E-state index in [4.69, 9.17) is 20.9 Å². The van der Waals surface area contributed by atoms with Crippen LogP contribution in [0.15, 0.2) is 18.2 Å². The van der Waals surface area contributed by atoms with Gasteiger partial charge in [-0.15, -0.1) is 0 Å². The second-order valence-corrected chi connectivity index (χ2v) is 4.31. The van der Waals surface area contributed by atoms with Gasteiger partial charge in [-0.1, -0.05) is 6.07 Å². The first-order valence-corrected chi connectivity index (χ1v) is 6.30. The van der Waals surface area contributed by atoms with E-state index >= 15 is 0 Å². The predicted octanol–water partition coefficient (Wildman–Crippen LogP) is 0.358. The lowest BCUT2D eigenvalue weighted by Gasteiger charge is -2.36. The molecule has 1 saturated heterocycles. The lowest BCUT2D eigenvalue weighted by atomic mass is 10.1. The third-order valence-electron chi connectivity index (χ3n) is 3.11. The summed E-state index contributed by atoms with van der Waals surface area (Å²) < 4.78 is 10.8. The van der Waals surface area contributed by atoms with Crippen molar-refractivity contribution in [3.05, 3.63) is 18.2 Å². The van der Waals surface area contributed by atoms with Gasteiger partial charge in [-0.3, -0.25) is 4.79 Å². The van der Waals surface area contributed by atoms with Crippen molar-refractivity contribution in [2.45, 2.75) is 13.0 Å². The van der Waals surface area contributed by atoms with Crippen LogP contribution in [-0.2, 0) is 9.53 Å². The molecule has 1 aromatic carbocycles. The van der Waals surface area contributed by atoms with Gasteiger partial charge in [0.05, 0.1) is 31.2 Å². The highest BCUT2D eigenvalue weighted by Crippen LogP contribution is 2.33. The van der Waals surface area contributed by atoms with Crippen molar-refractivity contribution >= 4 is 17.3 Å². The first-order valence-electron chi connectivity index (χ1n) is 6.30. The number of benzene rings is 1. The van der Waals surface area contributed by atoms with Gasteiger partial charge >= 0.3 is 0 Å². The van der Waals surface area contributed by atoms with Crippen molar-refractivity contribution in [2.24, 2.45) is 5.73 Å². The first-order chi connectivity index (χ1) is 9.15. The van der Waals surface area contributed by atoms with Gasteiger partial charge in [0.25, 0.3) is 0 Å². The second-order valence-electron chi connectivity index (χ2n) is 4.31. The minimum absolute atomic E-state index is 0.285. The molecule has 0 spiro atoms. The Morgan fingerprint density at radius 3 is 3.05 bits per heavy atom. The van der Waals surface area contributed by atoms with Crippen molar-refractivity contribution < 1.29 is 14.3 Å². The molecule has 6 heteroatoms. The molecule has 1 aliphatic rings. The highest BCUT2D eigenvalue weighted by atomic mass is 16.5. The maximum Gasteiger partial charge on any atom is 0.242 e. The number of morpholine rings is 1. The van der Waals surface area contributed by atoms with Crippen LogP contribution in [0, 0.1) is 0 Å². The maximum atomic E-state index is 11.5. The Kier molecular flexibility index (Phi) is 4.11. The molecule has 0 saturated carbocycles. The Morgan fingerprint density at radius 2 is 2.37 bits per heavy atom. The topological polar surface area (TPSA) is 90.8 Å². The third-order valence-corrected chi connectivity index (χ3v) is 3.11. The van der Waals surface area contributed by atoms with Gasteiger partial charge in [0.2, 0.25) is 5.91 Å². The predicted molar refractivity (Wildman–Crippen MR) is 73.2 cm³/mol. The number of nitrogens with two attached hydrogens (primary N) is 2. The summed E-state index contributed by atoms with van der Waals surface area (Å²) in [7, 11) is 0. The van der Waals surface area contributed by atoms with Gasteiger partial charge in [0.15, 0.2) is 0 Å². The molecule has 1 amide bonds. The molecule has 6 nitrogen and oxygen atoms in total. The number of anilines is 2. The van der Waals surface area contributed by atoms with Crippen LogP contribution < -0.4 is 21.1 Å². The Balaban J connectivity index is 2.33. The van der Waals surface area contributed by atoms with E-state index in [0.717, 1.165) is 5.69 Å². The van der Waals surface area contributed by atoms with E-state index in [0.29, 0.717) is 31.2 Å². The molecule has 1 heterocycles. The van der Waals surface area contributed by atoms with Crippen LogP contribution in [0.5, 0.6) is 5.75 Å². The molecule has 1 unspecified atom stereocenters. The van der Waals surface area contributed by atoms with Crippen LogP contribution in [-0.4, -0.2) is 38.3 Å². The van der Waals surface area contributed by atoms with Crippen LogP contribution in [0.2, 0.25) is 0 Å². The smallest absolute Gasteiger partial charge is 0.242 e. The number of primary amides is 1. The second kappa shape index (κ2) is 5.79. The summed E-state index contributed by atoms with van der Waals surface area (Å²) in [5, 5.41) is 0. The molecule has 4 N–H and O–H groups in total. The molecule has 0 radical (unpaired) electrons. The zero-order valence-corrected chi connectivity index (χ0v) is 11.0. The van der Waals surface area contributed by atoms with Crippen molar-refractivity contribution in [3.63, 3.8) is 0 Å². The van der Waals surface area contributed by atoms with Crippen molar-refractivity contribution in [1.82, 2.24) is 0 Å². The first kappa shape index (κ1) is 13.5. The Bertz CT molecular complexity index is 464. The third kappa shape index (κ3) is 2.73. The quantitative estimate of drug-likeness (QED) is 0.767. The van der Waals surface area contributed by atoms with Crippen molar-refractivity contribution in [2.75, 3.05) is 37.0 Å². The van der Waals surface area contributed by atoms with E-state index in [9.17, 15) is 4.79 Å². The molecule has 1 aromatic rings. The number of carbonyl (C=O) groups is 1. The van der Waals surface area contributed by atoms with Crippen LogP contribution in [0.25, 0.3) is 0 Å². The number of rotatable bonds is 4. The number of carbonyl (C=O) groups excluding carboxylic acids is 1. The van der Waals surface area contributed by atoms with Gasteiger partial charge in [-0.2, -0.15) is 0 Å². The van der Waals surface area contributed by atoms with Gasteiger partial charge < -0.3 is 25.8 Å². The molecule has 1 aliphatic heterocycles. The number of para-hydroxylation sites is 1. The lowest BCUT2D eigenvalue weighted by Crippen LogP contribution is -2.52.